The number of rotatable bonds is 12. The number of hydrogen-bond acceptors (Lipinski definition) is 7. The maximum Gasteiger partial charge on any atom is 0.407 e. The van der Waals surface area contributed by atoms with Crippen LogP contribution in [0.25, 0.3) is 0 Å². The maximum absolute atomic E-state index is 13.2. The number of carboxylic acid groups (broad SMARTS) is 1. The Balaban J connectivity index is 2.00. The van der Waals surface area contributed by atoms with Crippen LogP contribution in [0.2, 0.25) is 0 Å². The van der Waals surface area contributed by atoms with E-state index < -0.39 is 33.7 Å². The van der Waals surface area contributed by atoms with Crippen molar-refractivity contribution in [2.24, 2.45) is 0 Å². The number of nitrogens with one attached hydrogen (secondary N) is 1. The van der Waals surface area contributed by atoms with Gasteiger partial charge in [0.25, 0.3) is 0 Å². The summed E-state index contributed by atoms with van der Waals surface area (Å²) in [6.45, 7) is 7.85. The largest absolute Gasteiger partial charge is 0.494 e. The quantitative estimate of drug-likeness (QED) is 0.303. The molecule has 2 N–H and O–H groups in total. The van der Waals surface area contributed by atoms with Gasteiger partial charge in [0.2, 0.25) is 10.0 Å². The minimum absolute atomic E-state index is 0.0693. The van der Waals surface area contributed by atoms with Gasteiger partial charge in [-0.25, -0.2) is 13.2 Å². The second-order valence-electron chi connectivity index (χ2n) is 9.15. The number of hydrogen-bond donors (Lipinski definition) is 2. The molecule has 11 heteroatoms. The number of amides is 1. The Labute approximate surface area is 223 Å². The first kappa shape index (κ1) is 30.5. The number of carbonyl (C=O) groups is 2. The minimum Gasteiger partial charge on any atom is -0.494 e. The molecule has 0 saturated carbocycles. The molecule has 2 rings (SSSR count). The van der Waals surface area contributed by atoms with Gasteiger partial charge in [0, 0.05) is 13.6 Å². The van der Waals surface area contributed by atoms with Gasteiger partial charge in [-0.05, 0) is 76.1 Å². The third-order valence-electron chi connectivity index (χ3n) is 5.04. The molecule has 38 heavy (non-hydrogen) atoms. The highest BCUT2D eigenvalue weighted by atomic mass is 32.2. The standard InChI is InChI=1S/C27H34N2O8S/c1-6-7-18-35-22-13-15-23(16-14-22)38(33,34)29(5)24(25(30)31)20-9-11-21(12-10-20)36-19-8-17-28-26(32)37-27(2,3)4/h9-16,24H,8,17-19H2,1-5H3,(H,28,32)(H,30,31). The Morgan fingerprint density at radius 1 is 1.03 bits per heavy atom. The summed E-state index contributed by atoms with van der Waals surface area (Å²) in [5.41, 5.74) is -0.312. The van der Waals surface area contributed by atoms with E-state index in [0.29, 0.717) is 31.1 Å². The summed E-state index contributed by atoms with van der Waals surface area (Å²) >= 11 is 0. The van der Waals surface area contributed by atoms with Crippen molar-refractivity contribution in [1.82, 2.24) is 9.62 Å². The van der Waals surface area contributed by atoms with E-state index in [-0.39, 0.29) is 17.1 Å². The van der Waals surface area contributed by atoms with E-state index in [2.05, 4.69) is 17.2 Å². The average Bonchev–Trinajstić information content (AvgIpc) is 2.84. The smallest absolute Gasteiger partial charge is 0.407 e. The number of carbonyl (C=O) groups excluding carboxylic acids is 1. The van der Waals surface area contributed by atoms with Crippen molar-refractivity contribution in [1.29, 1.82) is 0 Å². The molecule has 0 aliphatic heterocycles. The zero-order valence-electron chi connectivity index (χ0n) is 22.2. The van der Waals surface area contributed by atoms with Crippen molar-refractivity contribution >= 4 is 22.1 Å². The van der Waals surface area contributed by atoms with Crippen molar-refractivity contribution in [2.75, 3.05) is 26.8 Å². The third-order valence-corrected chi connectivity index (χ3v) is 6.88. The normalized spacial score (nSPS) is 12.2. The number of sulfonamides is 1. The fourth-order valence-electron chi connectivity index (χ4n) is 3.23. The molecular weight excluding hydrogens is 512 g/mol. The predicted octanol–water partition coefficient (Wildman–Crippen LogP) is 3.83. The lowest BCUT2D eigenvalue weighted by Gasteiger charge is -2.25. The van der Waals surface area contributed by atoms with E-state index in [1.807, 2.05) is 0 Å². The summed E-state index contributed by atoms with van der Waals surface area (Å²) in [4.78, 5) is 23.7. The molecule has 2 aromatic carbocycles. The molecule has 0 heterocycles. The highest BCUT2D eigenvalue weighted by molar-refractivity contribution is 7.89. The first-order valence-corrected chi connectivity index (χ1v) is 13.3. The Hall–Kier alpha value is -3.75. The molecule has 1 unspecified atom stereocenters. The number of alkyl carbamates (subject to hydrolysis) is 1. The molecule has 2 aromatic rings. The van der Waals surface area contributed by atoms with Crippen molar-refractivity contribution in [3.05, 3.63) is 54.1 Å². The lowest BCUT2D eigenvalue weighted by atomic mass is 10.1. The first-order valence-electron chi connectivity index (χ1n) is 11.9. The van der Waals surface area contributed by atoms with Gasteiger partial charge in [-0.2, -0.15) is 4.31 Å². The molecule has 0 fully saturated rings. The average molecular weight is 547 g/mol. The second kappa shape index (κ2) is 13.7. The van der Waals surface area contributed by atoms with Crippen LogP contribution in [0.3, 0.4) is 0 Å². The number of aliphatic carboxylic acids is 1. The van der Waals surface area contributed by atoms with Crippen LogP contribution in [0.15, 0.2) is 53.4 Å². The van der Waals surface area contributed by atoms with Crippen molar-refractivity contribution in [3.63, 3.8) is 0 Å². The summed E-state index contributed by atoms with van der Waals surface area (Å²) < 4.78 is 43.3. The summed E-state index contributed by atoms with van der Waals surface area (Å²) in [5, 5.41) is 12.5. The Bertz CT molecular complexity index is 1240. The second-order valence-corrected chi connectivity index (χ2v) is 11.1. The Morgan fingerprint density at radius 2 is 1.61 bits per heavy atom. The van der Waals surface area contributed by atoms with Crippen LogP contribution in [0.5, 0.6) is 11.5 Å². The van der Waals surface area contributed by atoms with E-state index in [0.717, 1.165) is 4.31 Å². The van der Waals surface area contributed by atoms with Gasteiger partial charge in [-0.15, -0.1) is 5.92 Å². The van der Waals surface area contributed by atoms with Gasteiger partial charge in [0.1, 0.15) is 29.7 Å². The zero-order chi connectivity index (χ0) is 28.3. The lowest BCUT2D eigenvalue weighted by molar-refractivity contribution is -0.141. The van der Waals surface area contributed by atoms with Crippen LogP contribution in [0, 0.1) is 11.8 Å². The zero-order valence-corrected chi connectivity index (χ0v) is 23.0. The van der Waals surface area contributed by atoms with Crippen molar-refractivity contribution in [2.45, 2.75) is 50.7 Å². The molecule has 206 valence electrons. The van der Waals surface area contributed by atoms with Crippen LogP contribution >= 0.6 is 0 Å². The Kier molecular flexibility index (Phi) is 11.0. The molecule has 0 aliphatic carbocycles. The Morgan fingerprint density at radius 3 is 2.16 bits per heavy atom. The van der Waals surface area contributed by atoms with Gasteiger partial charge in [-0.1, -0.05) is 18.1 Å². The highest BCUT2D eigenvalue weighted by Crippen LogP contribution is 2.28. The van der Waals surface area contributed by atoms with E-state index >= 15 is 0 Å². The van der Waals surface area contributed by atoms with Crippen LogP contribution in [-0.4, -0.2) is 62.3 Å². The lowest BCUT2D eigenvalue weighted by Crippen LogP contribution is -2.35. The molecule has 0 saturated heterocycles. The number of benzene rings is 2. The van der Waals surface area contributed by atoms with Crippen molar-refractivity contribution in [3.8, 4) is 23.3 Å². The van der Waals surface area contributed by atoms with Gasteiger partial charge < -0.3 is 24.6 Å². The van der Waals surface area contributed by atoms with Crippen LogP contribution < -0.4 is 14.8 Å². The van der Waals surface area contributed by atoms with E-state index in [1.54, 1.807) is 39.8 Å². The number of nitrogens with zero attached hydrogens (tertiary/aromatic N) is 1. The summed E-state index contributed by atoms with van der Waals surface area (Å²) in [6.07, 6.45) is 0.0157. The monoisotopic (exact) mass is 546 g/mol. The van der Waals surface area contributed by atoms with Gasteiger partial charge >= 0.3 is 12.1 Å². The van der Waals surface area contributed by atoms with Crippen LogP contribution in [0.1, 0.15) is 45.7 Å². The number of carboxylic acids is 1. The van der Waals surface area contributed by atoms with E-state index in [4.69, 9.17) is 14.2 Å². The third kappa shape index (κ3) is 9.28. The summed E-state index contributed by atoms with van der Waals surface area (Å²) in [7, 11) is -2.91. The first-order chi connectivity index (χ1) is 17.8. The highest BCUT2D eigenvalue weighted by Gasteiger charge is 2.34. The van der Waals surface area contributed by atoms with Gasteiger partial charge in [0.05, 0.1) is 11.5 Å². The summed E-state index contributed by atoms with van der Waals surface area (Å²) in [5.74, 6) is 5.04. The van der Waals surface area contributed by atoms with Gasteiger partial charge in [0.15, 0.2) is 0 Å². The number of likely N-dealkylation sites (N-methyl/N-ethyl adjacent to an activating group) is 1. The molecule has 0 aliphatic rings. The fraction of sp³-hybridized carbons (Fsp3) is 0.407. The SMILES string of the molecule is CC#CCOc1ccc(S(=O)(=O)N(C)C(C(=O)O)c2ccc(OCCCNC(=O)OC(C)(C)C)cc2)cc1. The van der Waals surface area contributed by atoms with Crippen LogP contribution in [0.4, 0.5) is 4.79 Å². The molecule has 10 nitrogen and oxygen atoms in total. The minimum atomic E-state index is -4.13. The molecule has 1 atom stereocenters. The number of ether oxygens (including phenoxy) is 3. The predicted molar refractivity (Wildman–Crippen MR) is 142 cm³/mol. The molecule has 0 spiro atoms. The fourth-order valence-corrected chi connectivity index (χ4v) is 4.53. The van der Waals surface area contributed by atoms with Gasteiger partial charge in [-0.3, -0.25) is 4.79 Å². The van der Waals surface area contributed by atoms with Crippen LogP contribution in [-0.2, 0) is 19.6 Å². The maximum atomic E-state index is 13.2. The van der Waals surface area contributed by atoms with E-state index in [9.17, 15) is 23.1 Å². The molecular formula is C27H34N2O8S. The summed E-state index contributed by atoms with van der Waals surface area (Å²) in [6, 6.07) is 10.4. The molecule has 1 amide bonds. The molecule has 0 aromatic heterocycles. The van der Waals surface area contributed by atoms with Crippen molar-refractivity contribution < 1.29 is 37.3 Å². The molecule has 0 bridgehead atoms. The molecule has 0 radical (unpaired) electrons. The topological polar surface area (TPSA) is 131 Å². The van der Waals surface area contributed by atoms with E-state index in [1.165, 1.54) is 43.4 Å².